The molecule has 90 valence electrons. The fourth-order valence-corrected chi connectivity index (χ4v) is 1.99. The summed E-state index contributed by atoms with van der Waals surface area (Å²) in [5, 5.41) is 11.7. The van der Waals surface area contributed by atoms with Crippen LogP contribution in [0.5, 0.6) is 0 Å². The highest BCUT2D eigenvalue weighted by molar-refractivity contribution is 4.92. The van der Waals surface area contributed by atoms with E-state index in [0.29, 0.717) is 18.8 Å². The summed E-state index contributed by atoms with van der Waals surface area (Å²) in [5.74, 6) is 0.553. The summed E-state index contributed by atoms with van der Waals surface area (Å²) in [6.07, 6.45) is -1.19. The lowest BCUT2D eigenvalue weighted by Gasteiger charge is -2.39. The van der Waals surface area contributed by atoms with Crippen LogP contribution in [0.3, 0.4) is 0 Å². The third-order valence-electron chi connectivity index (χ3n) is 3.20. The Morgan fingerprint density at radius 3 is 2.27 bits per heavy atom. The SMILES string of the molecule is CC1CCC(CO)(NCC(F)(F)F)CC1. The fraction of sp³-hybridized carbons (Fsp3) is 1.00. The second-order valence-corrected chi connectivity index (χ2v) is 4.59. The van der Waals surface area contributed by atoms with Gasteiger partial charge >= 0.3 is 6.18 Å². The van der Waals surface area contributed by atoms with Gasteiger partial charge in [0.25, 0.3) is 0 Å². The predicted octanol–water partition coefficient (Wildman–Crippen LogP) is 2.08. The van der Waals surface area contributed by atoms with Gasteiger partial charge in [-0.2, -0.15) is 13.2 Å². The lowest BCUT2D eigenvalue weighted by atomic mass is 9.77. The number of aliphatic hydroxyl groups excluding tert-OH is 1. The van der Waals surface area contributed by atoms with E-state index in [2.05, 4.69) is 12.2 Å². The van der Waals surface area contributed by atoms with Gasteiger partial charge in [0.1, 0.15) is 0 Å². The molecule has 0 aromatic carbocycles. The largest absolute Gasteiger partial charge is 0.401 e. The van der Waals surface area contributed by atoms with Crippen LogP contribution in [0, 0.1) is 5.92 Å². The first-order valence-electron chi connectivity index (χ1n) is 5.29. The number of alkyl halides is 3. The molecule has 0 aromatic rings. The van der Waals surface area contributed by atoms with Gasteiger partial charge in [-0.3, -0.25) is 0 Å². The molecule has 0 heterocycles. The first-order chi connectivity index (χ1) is 6.87. The molecule has 2 nitrogen and oxygen atoms in total. The summed E-state index contributed by atoms with van der Waals surface area (Å²) in [6, 6.07) is 0. The number of nitrogens with one attached hydrogen (secondary N) is 1. The molecule has 1 rings (SSSR count). The molecule has 0 amide bonds. The van der Waals surface area contributed by atoms with Gasteiger partial charge in [0, 0.05) is 5.54 Å². The summed E-state index contributed by atoms with van der Waals surface area (Å²) in [7, 11) is 0. The molecular formula is C10H18F3NO. The molecule has 0 saturated heterocycles. The van der Waals surface area contributed by atoms with Crippen molar-refractivity contribution in [1.82, 2.24) is 5.32 Å². The van der Waals surface area contributed by atoms with E-state index in [1.807, 2.05) is 0 Å². The van der Waals surface area contributed by atoms with E-state index in [9.17, 15) is 18.3 Å². The number of aliphatic hydroxyl groups is 1. The molecule has 1 saturated carbocycles. The monoisotopic (exact) mass is 225 g/mol. The van der Waals surface area contributed by atoms with Crippen molar-refractivity contribution >= 4 is 0 Å². The lowest BCUT2D eigenvalue weighted by Crippen LogP contribution is -2.53. The van der Waals surface area contributed by atoms with Crippen molar-refractivity contribution in [2.75, 3.05) is 13.2 Å². The zero-order valence-electron chi connectivity index (χ0n) is 8.90. The van der Waals surface area contributed by atoms with Gasteiger partial charge in [-0.15, -0.1) is 0 Å². The van der Waals surface area contributed by atoms with E-state index in [0.717, 1.165) is 12.8 Å². The van der Waals surface area contributed by atoms with Crippen molar-refractivity contribution in [2.45, 2.75) is 44.3 Å². The average molecular weight is 225 g/mol. The highest BCUT2D eigenvalue weighted by Gasteiger charge is 2.37. The van der Waals surface area contributed by atoms with Crippen LogP contribution in [0.1, 0.15) is 32.6 Å². The summed E-state index contributed by atoms with van der Waals surface area (Å²) >= 11 is 0. The van der Waals surface area contributed by atoms with Crippen LogP contribution in [-0.2, 0) is 0 Å². The van der Waals surface area contributed by atoms with Crippen molar-refractivity contribution in [3.8, 4) is 0 Å². The van der Waals surface area contributed by atoms with Gasteiger partial charge in [-0.1, -0.05) is 6.92 Å². The standard InChI is InChI=1S/C10H18F3NO/c1-8-2-4-9(7-15,5-3-8)14-6-10(11,12)13/h8,14-15H,2-7H2,1H3. The Balaban J connectivity index is 2.47. The topological polar surface area (TPSA) is 32.3 Å². The van der Waals surface area contributed by atoms with Crippen LogP contribution in [0.25, 0.3) is 0 Å². The fourth-order valence-electron chi connectivity index (χ4n) is 1.99. The maximum atomic E-state index is 12.0. The molecule has 1 aliphatic rings. The second kappa shape index (κ2) is 4.70. The van der Waals surface area contributed by atoms with Crippen molar-refractivity contribution in [3.63, 3.8) is 0 Å². The van der Waals surface area contributed by atoms with Crippen LogP contribution in [0.4, 0.5) is 13.2 Å². The maximum Gasteiger partial charge on any atom is 0.401 e. The molecule has 2 N–H and O–H groups in total. The summed E-state index contributed by atoms with van der Waals surface area (Å²) in [6.45, 7) is 0.864. The Kier molecular flexibility index (Phi) is 4.00. The number of hydrogen-bond acceptors (Lipinski definition) is 2. The Morgan fingerprint density at radius 1 is 1.33 bits per heavy atom. The van der Waals surface area contributed by atoms with Crippen LogP contribution >= 0.6 is 0 Å². The van der Waals surface area contributed by atoms with Crippen molar-refractivity contribution in [3.05, 3.63) is 0 Å². The van der Waals surface area contributed by atoms with Crippen LogP contribution in [0.2, 0.25) is 0 Å². The molecule has 1 aliphatic carbocycles. The molecule has 0 atom stereocenters. The highest BCUT2D eigenvalue weighted by Crippen LogP contribution is 2.32. The van der Waals surface area contributed by atoms with Crippen LogP contribution in [-0.4, -0.2) is 30.0 Å². The van der Waals surface area contributed by atoms with Crippen molar-refractivity contribution < 1.29 is 18.3 Å². The van der Waals surface area contributed by atoms with Gasteiger partial charge in [0.2, 0.25) is 0 Å². The lowest BCUT2D eigenvalue weighted by molar-refractivity contribution is -0.131. The highest BCUT2D eigenvalue weighted by atomic mass is 19.4. The third kappa shape index (κ3) is 3.99. The number of halogens is 3. The van der Waals surface area contributed by atoms with Crippen molar-refractivity contribution in [1.29, 1.82) is 0 Å². The molecule has 1 fully saturated rings. The Morgan fingerprint density at radius 2 is 1.87 bits per heavy atom. The van der Waals surface area contributed by atoms with Gasteiger partial charge in [0.15, 0.2) is 0 Å². The van der Waals surface area contributed by atoms with Gasteiger partial charge in [0.05, 0.1) is 13.2 Å². The molecular weight excluding hydrogens is 207 g/mol. The zero-order valence-corrected chi connectivity index (χ0v) is 8.90. The van der Waals surface area contributed by atoms with E-state index in [4.69, 9.17) is 0 Å². The number of hydrogen-bond donors (Lipinski definition) is 2. The maximum absolute atomic E-state index is 12.0. The smallest absolute Gasteiger partial charge is 0.394 e. The van der Waals surface area contributed by atoms with E-state index < -0.39 is 18.3 Å². The molecule has 0 unspecified atom stereocenters. The first-order valence-corrected chi connectivity index (χ1v) is 5.29. The molecule has 0 spiro atoms. The second-order valence-electron chi connectivity index (χ2n) is 4.59. The van der Waals surface area contributed by atoms with E-state index in [-0.39, 0.29) is 6.61 Å². The molecule has 5 heteroatoms. The minimum Gasteiger partial charge on any atom is -0.394 e. The van der Waals surface area contributed by atoms with Crippen LogP contribution in [0.15, 0.2) is 0 Å². The normalized spacial score (nSPS) is 33.0. The van der Waals surface area contributed by atoms with Gasteiger partial charge < -0.3 is 10.4 Å². The Hall–Kier alpha value is -0.290. The zero-order chi connectivity index (χ0) is 11.5. The van der Waals surface area contributed by atoms with E-state index >= 15 is 0 Å². The first kappa shape index (κ1) is 12.8. The predicted molar refractivity (Wildman–Crippen MR) is 51.5 cm³/mol. The van der Waals surface area contributed by atoms with Gasteiger partial charge in [-0.05, 0) is 31.6 Å². The minimum absolute atomic E-state index is 0.213. The minimum atomic E-state index is -4.20. The number of rotatable bonds is 3. The average Bonchev–Trinajstić information content (AvgIpc) is 2.17. The molecule has 0 aliphatic heterocycles. The van der Waals surface area contributed by atoms with Gasteiger partial charge in [-0.25, -0.2) is 0 Å². The molecule has 0 aromatic heterocycles. The van der Waals surface area contributed by atoms with Crippen LogP contribution < -0.4 is 5.32 Å². The summed E-state index contributed by atoms with van der Waals surface area (Å²) in [4.78, 5) is 0. The molecule has 0 radical (unpaired) electrons. The molecule has 0 bridgehead atoms. The quantitative estimate of drug-likeness (QED) is 0.770. The van der Waals surface area contributed by atoms with Crippen molar-refractivity contribution in [2.24, 2.45) is 5.92 Å². The summed E-state index contributed by atoms with van der Waals surface area (Å²) < 4.78 is 36.1. The van der Waals surface area contributed by atoms with E-state index in [1.165, 1.54) is 0 Å². The molecule has 15 heavy (non-hydrogen) atoms. The third-order valence-corrected chi connectivity index (χ3v) is 3.20. The van der Waals surface area contributed by atoms with E-state index in [1.54, 1.807) is 0 Å². The Bertz CT molecular complexity index is 197. The summed E-state index contributed by atoms with van der Waals surface area (Å²) in [5.41, 5.74) is -0.706. The Labute approximate surface area is 87.9 Å².